The maximum Gasteiger partial charge on any atom is 0.0810 e. The molecule has 2 nitrogen and oxygen atoms in total. The summed E-state index contributed by atoms with van der Waals surface area (Å²) in [4.78, 5) is 0. The van der Waals surface area contributed by atoms with Crippen LogP contribution in [-0.4, -0.2) is 25.3 Å². The highest BCUT2D eigenvalue weighted by molar-refractivity contribution is 6.30. The Morgan fingerprint density at radius 2 is 2.12 bits per heavy atom. The van der Waals surface area contributed by atoms with Crippen molar-refractivity contribution in [3.8, 4) is 0 Å². The van der Waals surface area contributed by atoms with Crippen LogP contribution in [0.25, 0.3) is 0 Å². The molecule has 0 amide bonds. The average molecular weight is 254 g/mol. The number of benzene rings is 1. The van der Waals surface area contributed by atoms with Crippen LogP contribution in [0.2, 0.25) is 5.02 Å². The van der Waals surface area contributed by atoms with Gasteiger partial charge in [-0.2, -0.15) is 0 Å². The van der Waals surface area contributed by atoms with Crippen molar-refractivity contribution in [2.45, 2.75) is 37.8 Å². The van der Waals surface area contributed by atoms with Crippen LogP contribution >= 0.6 is 11.6 Å². The van der Waals surface area contributed by atoms with E-state index in [0.29, 0.717) is 6.04 Å². The van der Waals surface area contributed by atoms with Crippen molar-refractivity contribution in [2.24, 2.45) is 0 Å². The van der Waals surface area contributed by atoms with E-state index in [2.05, 4.69) is 24.4 Å². The molecular formula is C14H20ClNO. The lowest BCUT2D eigenvalue weighted by Crippen LogP contribution is -2.48. The number of likely N-dealkylation sites (N-methyl/N-ethyl adjacent to an activating group) is 1. The highest BCUT2D eigenvalue weighted by Gasteiger charge is 2.37. The molecule has 1 aromatic rings. The maximum absolute atomic E-state index is 5.90. The van der Waals surface area contributed by atoms with Gasteiger partial charge in [-0.1, -0.05) is 23.7 Å². The predicted octanol–water partition coefficient (Wildman–Crippen LogP) is 3.04. The second kappa shape index (κ2) is 5.38. The molecule has 2 atom stereocenters. The second-order valence-corrected chi connectivity index (χ2v) is 5.37. The zero-order valence-corrected chi connectivity index (χ0v) is 11.3. The van der Waals surface area contributed by atoms with Gasteiger partial charge in [-0.05, 0) is 50.9 Å². The second-order valence-electron chi connectivity index (χ2n) is 4.94. The minimum absolute atomic E-state index is 0.0333. The Bertz CT molecular complexity index is 357. The van der Waals surface area contributed by atoms with Gasteiger partial charge in [-0.15, -0.1) is 0 Å². The van der Waals surface area contributed by atoms with Crippen molar-refractivity contribution in [3.05, 3.63) is 34.9 Å². The van der Waals surface area contributed by atoms with E-state index in [-0.39, 0.29) is 5.60 Å². The first-order valence-corrected chi connectivity index (χ1v) is 6.57. The van der Waals surface area contributed by atoms with E-state index in [4.69, 9.17) is 16.3 Å². The molecule has 0 radical (unpaired) electrons. The normalized spacial score (nSPS) is 26.1. The van der Waals surface area contributed by atoms with E-state index >= 15 is 0 Å². The molecule has 1 fully saturated rings. The van der Waals surface area contributed by atoms with Crippen LogP contribution < -0.4 is 5.32 Å². The summed E-state index contributed by atoms with van der Waals surface area (Å²) in [6.07, 6.45) is 3.27. The van der Waals surface area contributed by atoms with E-state index < -0.39 is 0 Å². The maximum atomic E-state index is 5.90. The predicted molar refractivity (Wildman–Crippen MR) is 71.6 cm³/mol. The van der Waals surface area contributed by atoms with Crippen molar-refractivity contribution in [1.29, 1.82) is 0 Å². The molecule has 0 bridgehead atoms. The number of nitrogens with one attached hydrogen (secondary N) is 1. The molecule has 0 aromatic heterocycles. The summed E-state index contributed by atoms with van der Waals surface area (Å²) < 4.78 is 5.90. The molecule has 1 heterocycles. The molecule has 1 aliphatic heterocycles. The Morgan fingerprint density at radius 3 is 2.65 bits per heavy atom. The molecule has 94 valence electrons. The van der Waals surface area contributed by atoms with Gasteiger partial charge in [0.25, 0.3) is 0 Å². The molecule has 2 rings (SSSR count). The van der Waals surface area contributed by atoms with Crippen molar-refractivity contribution in [2.75, 3.05) is 13.7 Å². The zero-order valence-electron chi connectivity index (χ0n) is 10.5. The third-order valence-electron chi connectivity index (χ3n) is 3.69. The van der Waals surface area contributed by atoms with Crippen molar-refractivity contribution in [1.82, 2.24) is 5.32 Å². The van der Waals surface area contributed by atoms with Crippen LogP contribution in [0.15, 0.2) is 24.3 Å². The Balaban J connectivity index is 2.06. The highest BCUT2D eigenvalue weighted by atomic mass is 35.5. The first kappa shape index (κ1) is 12.9. The van der Waals surface area contributed by atoms with Gasteiger partial charge in [-0.3, -0.25) is 0 Å². The number of rotatable bonds is 4. The van der Waals surface area contributed by atoms with Crippen LogP contribution in [0, 0.1) is 0 Å². The van der Waals surface area contributed by atoms with Gasteiger partial charge in [0.1, 0.15) is 0 Å². The lowest BCUT2D eigenvalue weighted by Gasteiger charge is -2.33. The molecule has 1 aromatic carbocycles. The number of ether oxygens (including phenoxy) is 1. The summed E-state index contributed by atoms with van der Waals surface area (Å²) in [5, 5.41) is 4.18. The minimum atomic E-state index is -0.0333. The van der Waals surface area contributed by atoms with Crippen molar-refractivity contribution >= 4 is 11.6 Å². The first-order chi connectivity index (χ1) is 8.14. The fraction of sp³-hybridized carbons (Fsp3) is 0.571. The fourth-order valence-corrected chi connectivity index (χ4v) is 2.68. The summed E-state index contributed by atoms with van der Waals surface area (Å²) in [6, 6.07) is 8.42. The van der Waals surface area contributed by atoms with Gasteiger partial charge >= 0.3 is 0 Å². The number of halogens is 1. The summed E-state index contributed by atoms with van der Waals surface area (Å²) in [5.41, 5.74) is 1.26. The van der Waals surface area contributed by atoms with Gasteiger partial charge < -0.3 is 10.1 Å². The minimum Gasteiger partial charge on any atom is -0.374 e. The molecule has 3 heteroatoms. The fourth-order valence-electron chi connectivity index (χ4n) is 2.55. The van der Waals surface area contributed by atoms with Crippen LogP contribution in [0.3, 0.4) is 0 Å². The first-order valence-electron chi connectivity index (χ1n) is 6.20. The van der Waals surface area contributed by atoms with E-state index in [1.54, 1.807) is 0 Å². The van der Waals surface area contributed by atoms with Crippen molar-refractivity contribution in [3.63, 3.8) is 0 Å². The summed E-state index contributed by atoms with van der Waals surface area (Å²) in [5.74, 6) is 0. The van der Waals surface area contributed by atoms with E-state index in [0.717, 1.165) is 30.9 Å². The number of hydrogen-bond donors (Lipinski definition) is 1. The Labute approximate surface area is 108 Å². The quantitative estimate of drug-likeness (QED) is 0.891. The van der Waals surface area contributed by atoms with Gasteiger partial charge in [0.2, 0.25) is 0 Å². The van der Waals surface area contributed by atoms with E-state index in [1.165, 1.54) is 5.56 Å². The molecule has 0 saturated carbocycles. The lowest BCUT2D eigenvalue weighted by molar-refractivity contribution is -0.00943. The van der Waals surface area contributed by atoms with Gasteiger partial charge in [0.05, 0.1) is 5.60 Å². The Morgan fingerprint density at radius 1 is 1.41 bits per heavy atom. The third kappa shape index (κ3) is 3.01. The topological polar surface area (TPSA) is 21.3 Å². The molecule has 17 heavy (non-hydrogen) atoms. The van der Waals surface area contributed by atoms with Crippen molar-refractivity contribution < 1.29 is 4.74 Å². The van der Waals surface area contributed by atoms with Gasteiger partial charge in [0, 0.05) is 17.7 Å². The molecule has 1 N–H and O–H groups in total. The largest absolute Gasteiger partial charge is 0.374 e. The highest BCUT2D eigenvalue weighted by Crippen LogP contribution is 2.30. The van der Waals surface area contributed by atoms with Crippen LogP contribution in [-0.2, 0) is 11.2 Å². The van der Waals surface area contributed by atoms with Crippen LogP contribution in [0.5, 0.6) is 0 Å². The monoisotopic (exact) mass is 253 g/mol. The molecule has 1 aliphatic rings. The SMILES string of the molecule is CNC(Cc1ccc(Cl)cc1)C1(C)CCCO1. The summed E-state index contributed by atoms with van der Waals surface area (Å²) >= 11 is 5.90. The lowest BCUT2D eigenvalue weighted by atomic mass is 9.88. The van der Waals surface area contributed by atoms with Crippen LogP contribution in [0.1, 0.15) is 25.3 Å². The summed E-state index contributed by atoms with van der Waals surface area (Å²) in [7, 11) is 2.01. The average Bonchev–Trinajstić information content (AvgIpc) is 2.76. The molecule has 0 spiro atoms. The number of hydrogen-bond acceptors (Lipinski definition) is 2. The molecule has 0 aliphatic carbocycles. The Kier molecular flexibility index (Phi) is 4.08. The Hall–Kier alpha value is -0.570. The van der Waals surface area contributed by atoms with Crippen LogP contribution in [0.4, 0.5) is 0 Å². The molecular weight excluding hydrogens is 234 g/mol. The molecule has 1 saturated heterocycles. The van der Waals surface area contributed by atoms with E-state index in [1.807, 2.05) is 19.2 Å². The molecule has 2 unspecified atom stereocenters. The zero-order chi connectivity index (χ0) is 12.3. The summed E-state index contributed by atoms with van der Waals surface area (Å²) in [6.45, 7) is 3.09. The standard InChI is InChI=1S/C14H20ClNO/c1-14(8-3-9-17-14)13(16-2)10-11-4-6-12(15)7-5-11/h4-7,13,16H,3,8-10H2,1-2H3. The van der Waals surface area contributed by atoms with Gasteiger partial charge in [0.15, 0.2) is 0 Å². The third-order valence-corrected chi connectivity index (χ3v) is 3.94. The smallest absolute Gasteiger partial charge is 0.0810 e. The van der Waals surface area contributed by atoms with Gasteiger partial charge in [-0.25, -0.2) is 0 Å². The van der Waals surface area contributed by atoms with E-state index in [9.17, 15) is 0 Å².